The third kappa shape index (κ3) is 3.99. The summed E-state index contributed by atoms with van der Waals surface area (Å²) in [5, 5.41) is 0.775. The summed E-state index contributed by atoms with van der Waals surface area (Å²) < 4.78 is 22.4. The lowest BCUT2D eigenvalue weighted by Gasteiger charge is -2.12. The Labute approximate surface area is 174 Å². The van der Waals surface area contributed by atoms with E-state index < -0.39 is 0 Å². The van der Waals surface area contributed by atoms with Crippen molar-refractivity contribution in [3.8, 4) is 17.1 Å². The first-order chi connectivity index (χ1) is 14.0. The maximum atomic E-state index is 14.4. The van der Waals surface area contributed by atoms with Gasteiger partial charge >= 0.3 is 0 Å². The molecule has 0 saturated carbocycles. The number of aromatic nitrogens is 2. The van der Waals surface area contributed by atoms with Gasteiger partial charge in [0.1, 0.15) is 17.4 Å². The summed E-state index contributed by atoms with van der Waals surface area (Å²) in [5.74, 6) is 1.18. The van der Waals surface area contributed by atoms with Gasteiger partial charge in [-0.1, -0.05) is 35.9 Å². The largest absolute Gasteiger partial charge is 0.494 e. The van der Waals surface area contributed by atoms with Gasteiger partial charge in [-0.25, -0.2) is 9.37 Å². The topological polar surface area (TPSA) is 27.1 Å². The van der Waals surface area contributed by atoms with Crippen molar-refractivity contribution >= 4 is 22.6 Å². The second-order valence-electron chi connectivity index (χ2n) is 7.13. The number of benzene rings is 3. The van der Waals surface area contributed by atoms with E-state index in [1.165, 1.54) is 6.07 Å². The van der Waals surface area contributed by atoms with Crippen LogP contribution in [0.3, 0.4) is 0 Å². The van der Waals surface area contributed by atoms with Gasteiger partial charge in [-0.15, -0.1) is 0 Å². The summed E-state index contributed by atoms with van der Waals surface area (Å²) in [6.07, 6.45) is 0.766. The van der Waals surface area contributed by atoms with Crippen molar-refractivity contribution in [1.82, 2.24) is 9.55 Å². The average molecular weight is 409 g/mol. The molecule has 0 bridgehead atoms. The SMILES string of the molecule is Cc1cc(OCCCn2c(-c3ccccc3F)nc3ccccc32)cc(C)c1Cl. The summed E-state index contributed by atoms with van der Waals surface area (Å²) in [4.78, 5) is 4.68. The number of halogens is 2. The van der Waals surface area contributed by atoms with E-state index in [2.05, 4.69) is 9.55 Å². The van der Waals surface area contributed by atoms with Crippen molar-refractivity contribution < 1.29 is 9.13 Å². The Kier molecular flexibility index (Phi) is 5.54. The van der Waals surface area contributed by atoms with Gasteiger partial charge in [-0.2, -0.15) is 0 Å². The van der Waals surface area contributed by atoms with Crippen molar-refractivity contribution in [2.75, 3.05) is 6.61 Å². The number of para-hydroxylation sites is 2. The van der Waals surface area contributed by atoms with E-state index in [1.807, 2.05) is 56.3 Å². The van der Waals surface area contributed by atoms with E-state index >= 15 is 0 Å². The minimum atomic E-state index is -0.271. The number of ether oxygens (including phenoxy) is 1. The minimum absolute atomic E-state index is 0.271. The number of fused-ring (bicyclic) bond motifs is 1. The number of imidazole rings is 1. The Morgan fingerprint density at radius 3 is 2.45 bits per heavy atom. The lowest BCUT2D eigenvalue weighted by atomic mass is 10.1. The highest BCUT2D eigenvalue weighted by atomic mass is 35.5. The van der Waals surface area contributed by atoms with Crippen LogP contribution in [-0.2, 0) is 6.54 Å². The van der Waals surface area contributed by atoms with Gasteiger partial charge in [0.15, 0.2) is 0 Å². The lowest BCUT2D eigenvalue weighted by Crippen LogP contribution is -2.07. The number of rotatable bonds is 6. The van der Waals surface area contributed by atoms with E-state index in [1.54, 1.807) is 12.1 Å². The molecule has 0 N–H and O–H groups in total. The van der Waals surface area contributed by atoms with Gasteiger partial charge in [0.2, 0.25) is 0 Å². The third-order valence-corrected chi connectivity index (χ3v) is 5.57. The zero-order valence-electron chi connectivity index (χ0n) is 16.5. The fourth-order valence-electron chi connectivity index (χ4n) is 3.55. The number of hydrogen-bond acceptors (Lipinski definition) is 2. The Morgan fingerprint density at radius 2 is 1.69 bits per heavy atom. The zero-order valence-corrected chi connectivity index (χ0v) is 17.2. The molecule has 0 unspecified atom stereocenters. The predicted molar refractivity (Wildman–Crippen MR) is 116 cm³/mol. The summed E-state index contributed by atoms with van der Waals surface area (Å²) in [6, 6.07) is 18.5. The van der Waals surface area contributed by atoms with Gasteiger partial charge in [-0.05, 0) is 67.8 Å². The Bertz CT molecular complexity index is 1150. The molecule has 4 aromatic rings. The maximum Gasteiger partial charge on any atom is 0.144 e. The molecular formula is C24H22ClFN2O. The molecule has 1 heterocycles. The van der Waals surface area contributed by atoms with E-state index in [0.29, 0.717) is 24.5 Å². The Hall–Kier alpha value is -2.85. The van der Waals surface area contributed by atoms with Crippen LogP contribution in [0, 0.1) is 19.7 Å². The molecule has 3 aromatic carbocycles. The van der Waals surface area contributed by atoms with Gasteiger partial charge in [0.25, 0.3) is 0 Å². The molecular weight excluding hydrogens is 387 g/mol. The average Bonchev–Trinajstić information content (AvgIpc) is 3.08. The van der Waals surface area contributed by atoms with Crippen LogP contribution in [0.4, 0.5) is 4.39 Å². The van der Waals surface area contributed by atoms with Crippen molar-refractivity contribution in [2.45, 2.75) is 26.8 Å². The normalized spacial score (nSPS) is 11.2. The van der Waals surface area contributed by atoms with Gasteiger partial charge < -0.3 is 9.30 Å². The van der Waals surface area contributed by atoms with E-state index in [9.17, 15) is 4.39 Å². The lowest BCUT2D eigenvalue weighted by molar-refractivity contribution is 0.302. The Balaban J connectivity index is 1.55. The van der Waals surface area contributed by atoms with Crippen molar-refractivity contribution in [1.29, 1.82) is 0 Å². The van der Waals surface area contributed by atoms with Crippen molar-refractivity contribution in [3.63, 3.8) is 0 Å². The molecule has 4 rings (SSSR count). The molecule has 0 radical (unpaired) electrons. The molecule has 5 heteroatoms. The molecule has 0 atom stereocenters. The van der Waals surface area contributed by atoms with Crippen LogP contribution >= 0.6 is 11.6 Å². The first kappa shape index (κ1) is 19.5. The highest BCUT2D eigenvalue weighted by molar-refractivity contribution is 6.32. The number of hydrogen-bond donors (Lipinski definition) is 0. The van der Waals surface area contributed by atoms with E-state index in [-0.39, 0.29) is 5.82 Å². The first-order valence-electron chi connectivity index (χ1n) is 9.64. The minimum Gasteiger partial charge on any atom is -0.494 e. The maximum absolute atomic E-state index is 14.4. The predicted octanol–water partition coefficient (Wildman–Crippen LogP) is 6.58. The van der Waals surface area contributed by atoms with Crippen molar-refractivity contribution in [3.05, 3.63) is 82.6 Å². The molecule has 0 saturated heterocycles. The van der Waals surface area contributed by atoms with Crippen LogP contribution in [0.15, 0.2) is 60.7 Å². The zero-order chi connectivity index (χ0) is 20.4. The van der Waals surface area contributed by atoms with Gasteiger partial charge in [-0.3, -0.25) is 0 Å². The molecule has 0 aliphatic carbocycles. The monoisotopic (exact) mass is 408 g/mol. The first-order valence-corrected chi connectivity index (χ1v) is 10.0. The fraction of sp³-hybridized carbons (Fsp3) is 0.208. The summed E-state index contributed by atoms with van der Waals surface area (Å²) in [5.41, 5.74) is 4.36. The summed E-state index contributed by atoms with van der Waals surface area (Å²) in [7, 11) is 0. The molecule has 0 aliphatic heterocycles. The van der Waals surface area contributed by atoms with Crippen LogP contribution in [0.2, 0.25) is 5.02 Å². The molecule has 29 heavy (non-hydrogen) atoms. The standard InChI is InChI=1S/C24H22ClFN2O/c1-16-14-18(15-17(2)23(16)25)29-13-7-12-28-22-11-6-5-10-21(22)27-24(28)19-8-3-4-9-20(19)26/h3-6,8-11,14-15H,7,12-13H2,1-2H3. The van der Waals surface area contributed by atoms with Crippen LogP contribution < -0.4 is 4.74 Å². The molecule has 0 amide bonds. The van der Waals surface area contributed by atoms with Crippen molar-refractivity contribution in [2.24, 2.45) is 0 Å². The molecule has 0 fully saturated rings. The highest BCUT2D eigenvalue weighted by Crippen LogP contribution is 2.28. The molecule has 3 nitrogen and oxygen atoms in total. The highest BCUT2D eigenvalue weighted by Gasteiger charge is 2.15. The fourth-order valence-corrected chi connectivity index (χ4v) is 3.66. The van der Waals surface area contributed by atoms with E-state index in [0.717, 1.165) is 39.4 Å². The number of nitrogens with zero attached hydrogens (tertiary/aromatic N) is 2. The second-order valence-corrected chi connectivity index (χ2v) is 7.51. The quantitative estimate of drug-likeness (QED) is 0.337. The second kappa shape index (κ2) is 8.26. The third-order valence-electron chi connectivity index (χ3n) is 4.97. The molecule has 0 aliphatic rings. The van der Waals surface area contributed by atoms with Crippen LogP contribution in [-0.4, -0.2) is 16.2 Å². The van der Waals surface area contributed by atoms with Gasteiger partial charge in [0, 0.05) is 11.6 Å². The van der Waals surface area contributed by atoms with Crippen LogP contribution in [0.25, 0.3) is 22.4 Å². The smallest absolute Gasteiger partial charge is 0.144 e. The molecule has 1 aromatic heterocycles. The van der Waals surface area contributed by atoms with Gasteiger partial charge in [0.05, 0.1) is 23.2 Å². The number of aryl methyl sites for hydroxylation is 3. The molecule has 0 spiro atoms. The Morgan fingerprint density at radius 1 is 1.00 bits per heavy atom. The van der Waals surface area contributed by atoms with E-state index in [4.69, 9.17) is 16.3 Å². The molecule has 148 valence electrons. The van der Waals surface area contributed by atoms with Crippen LogP contribution in [0.1, 0.15) is 17.5 Å². The van der Waals surface area contributed by atoms with Crippen LogP contribution in [0.5, 0.6) is 5.75 Å². The summed E-state index contributed by atoms with van der Waals surface area (Å²) in [6.45, 7) is 5.17. The summed E-state index contributed by atoms with van der Waals surface area (Å²) >= 11 is 6.23.